The summed E-state index contributed by atoms with van der Waals surface area (Å²) in [5.74, 6) is -1.30. The zero-order valence-corrected chi connectivity index (χ0v) is 10.5. The Labute approximate surface area is 101 Å². The first-order valence-corrected chi connectivity index (χ1v) is 6.50. The van der Waals surface area contributed by atoms with Gasteiger partial charge in [0.05, 0.1) is 0 Å². The summed E-state index contributed by atoms with van der Waals surface area (Å²) >= 11 is 0. The first-order chi connectivity index (χ1) is 7.68. The zero-order chi connectivity index (χ0) is 13.6. The Kier molecular flexibility index (Phi) is 6.69. The average molecular weight is 274 g/mol. The molecule has 2 atom stereocenters. The summed E-state index contributed by atoms with van der Waals surface area (Å²) in [4.78, 5) is 11.2. The van der Waals surface area contributed by atoms with Crippen molar-refractivity contribution >= 4 is 16.7 Å². The molecule has 0 aliphatic rings. The van der Waals surface area contributed by atoms with Gasteiger partial charge in [-0.25, -0.2) is 0 Å². The molecule has 8 heteroatoms. The summed E-state index contributed by atoms with van der Waals surface area (Å²) in [5, 5.41) is 0.355. The highest BCUT2D eigenvalue weighted by atomic mass is 32.2. The standard InChI is InChI=1S/C9H17F3N2O2S/c1-6(2)14-8(15)5-17(16)7(3-4-13)9(10,11)12/h6-7H,3-5,13H2,1-2H3,(H,14,15). The fourth-order valence-electron chi connectivity index (χ4n) is 1.19. The van der Waals surface area contributed by atoms with Gasteiger partial charge in [-0.1, -0.05) is 0 Å². The Hall–Kier alpha value is -0.630. The van der Waals surface area contributed by atoms with Gasteiger partial charge in [-0.2, -0.15) is 13.2 Å². The monoisotopic (exact) mass is 274 g/mol. The smallest absolute Gasteiger partial charge is 0.353 e. The number of hydrogen-bond donors (Lipinski definition) is 2. The first-order valence-electron chi connectivity index (χ1n) is 5.11. The molecule has 1 amide bonds. The summed E-state index contributed by atoms with van der Waals surface area (Å²) in [6.45, 7) is 3.12. The quantitative estimate of drug-likeness (QED) is 0.742. The Morgan fingerprint density at radius 3 is 2.29 bits per heavy atom. The molecule has 0 saturated carbocycles. The molecule has 3 N–H and O–H groups in total. The van der Waals surface area contributed by atoms with E-state index in [2.05, 4.69) is 5.32 Å². The van der Waals surface area contributed by atoms with Gasteiger partial charge in [-0.05, 0) is 26.8 Å². The number of nitrogens with one attached hydrogen (secondary N) is 1. The van der Waals surface area contributed by atoms with Crippen LogP contribution in [0, 0.1) is 0 Å². The largest absolute Gasteiger partial charge is 0.403 e. The summed E-state index contributed by atoms with van der Waals surface area (Å²) in [5.41, 5.74) is 5.04. The van der Waals surface area contributed by atoms with Gasteiger partial charge in [-0.15, -0.1) is 0 Å². The Morgan fingerprint density at radius 1 is 1.41 bits per heavy atom. The van der Waals surface area contributed by atoms with E-state index >= 15 is 0 Å². The third-order valence-corrected chi connectivity index (χ3v) is 3.52. The second kappa shape index (κ2) is 6.95. The maximum Gasteiger partial charge on any atom is 0.403 e. The average Bonchev–Trinajstić information content (AvgIpc) is 2.10. The van der Waals surface area contributed by atoms with Gasteiger partial charge in [0.2, 0.25) is 5.91 Å². The van der Waals surface area contributed by atoms with Gasteiger partial charge in [0.25, 0.3) is 0 Å². The minimum Gasteiger partial charge on any atom is -0.353 e. The number of alkyl halides is 3. The van der Waals surface area contributed by atoms with Gasteiger partial charge < -0.3 is 11.1 Å². The van der Waals surface area contributed by atoms with Crippen LogP contribution < -0.4 is 11.1 Å². The topological polar surface area (TPSA) is 72.2 Å². The van der Waals surface area contributed by atoms with Gasteiger partial charge in [0.1, 0.15) is 11.0 Å². The van der Waals surface area contributed by atoms with Crippen LogP contribution in [0.25, 0.3) is 0 Å². The second-order valence-electron chi connectivity index (χ2n) is 3.85. The third kappa shape index (κ3) is 6.62. The molecule has 0 rings (SSSR count). The van der Waals surface area contributed by atoms with Crippen molar-refractivity contribution in [3.63, 3.8) is 0 Å². The molecule has 102 valence electrons. The third-order valence-electron chi connectivity index (χ3n) is 1.83. The van der Waals surface area contributed by atoms with Crippen LogP contribution in [0.5, 0.6) is 0 Å². The Balaban J connectivity index is 4.49. The van der Waals surface area contributed by atoms with Crippen LogP contribution in [0.15, 0.2) is 0 Å². The van der Waals surface area contributed by atoms with Crippen molar-refractivity contribution < 1.29 is 22.2 Å². The van der Waals surface area contributed by atoms with Crippen LogP contribution in [0.2, 0.25) is 0 Å². The number of amides is 1. The van der Waals surface area contributed by atoms with E-state index in [4.69, 9.17) is 5.73 Å². The van der Waals surface area contributed by atoms with Gasteiger partial charge >= 0.3 is 6.18 Å². The predicted octanol–water partition coefficient (Wildman–Crippen LogP) is 0.539. The highest BCUT2D eigenvalue weighted by Gasteiger charge is 2.43. The lowest BCUT2D eigenvalue weighted by molar-refractivity contribution is -0.130. The van der Waals surface area contributed by atoms with Crippen molar-refractivity contribution in [2.45, 2.75) is 37.7 Å². The number of carbonyl (C=O) groups is 1. The summed E-state index contributed by atoms with van der Waals surface area (Å²) in [6, 6.07) is -0.196. The van der Waals surface area contributed by atoms with Gasteiger partial charge in [0.15, 0.2) is 0 Å². The van der Waals surface area contributed by atoms with Crippen LogP contribution in [0.4, 0.5) is 13.2 Å². The van der Waals surface area contributed by atoms with E-state index in [0.717, 1.165) is 0 Å². The number of hydrogen-bond acceptors (Lipinski definition) is 3. The van der Waals surface area contributed by atoms with E-state index in [1.54, 1.807) is 13.8 Å². The number of carbonyl (C=O) groups excluding carboxylic acids is 1. The highest BCUT2D eigenvalue weighted by Crippen LogP contribution is 2.26. The first kappa shape index (κ1) is 16.4. The molecular formula is C9H17F3N2O2S. The summed E-state index contributed by atoms with van der Waals surface area (Å²) < 4.78 is 48.9. The van der Waals surface area contributed by atoms with Gasteiger partial charge in [0, 0.05) is 16.8 Å². The molecule has 4 nitrogen and oxygen atoms in total. The van der Waals surface area contributed by atoms with Crippen molar-refractivity contribution in [3.05, 3.63) is 0 Å². The summed E-state index contributed by atoms with van der Waals surface area (Å²) in [7, 11) is -2.29. The zero-order valence-electron chi connectivity index (χ0n) is 9.71. The molecular weight excluding hydrogens is 257 g/mol. The number of halogens is 3. The molecule has 0 bridgehead atoms. The van der Waals surface area contributed by atoms with Gasteiger partial charge in [-0.3, -0.25) is 9.00 Å². The van der Waals surface area contributed by atoms with E-state index < -0.39 is 40.3 Å². The predicted molar refractivity (Wildman–Crippen MR) is 59.8 cm³/mol. The molecule has 0 aliphatic carbocycles. The lowest BCUT2D eigenvalue weighted by atomic mass is 10.3. The minimum absolute atomic E-state index is 0.196. The van der Waals surface area contributed by atoms with Crippen molar-refractivity contribution in [2.24, 2.45) is 5.73 Å². The molecule has 0 saturated heterocycles. The van der Waals surface area contributed by atoms with Crippen molar-refractivity contribution in [3.8, 4) is 0 Å². The van der Waals surface area contributed by atoms with Crippen LogP contribution in [-0.2, 0) is 15.6 Å². The van der Waals surface area contributed by atoms with Crippen molar-refractivity contribution in [2.75, 3.05) is 12.3 Å². The molecule has 0 fully saturated rings. The number of rotatable bonds is 6. The SMILES string of the molecule is CC(C)NC(=O)CS(=O)C(CCN)C(F)(F)F. The van der Waals surface area contributed by atoms with Crippen LogP contribution in [-0.4, -0.2) is 39.9 Å². The molecule has 0 heterocycles. The van der Waals surface area contributed by atoms with Crippen molar-refractivity contribution in [1.29, 1.82) is 0 Å². The van der Waals surface area contributed by atoms with E-state index in [9.17, 15) is 22.2 Å². The summed E-state index contributed by atoms with van der Waals surface area (Å²) in [6.07, 6.45) is -5.03. The van der Waals surface area contributed by atoms with Crippen LogP contribution in [0.3, 0.4) is 0 Å². The maximum absolute atomic E-state index is 12.5. The van der Waals surface area contributed by atoms with E-state index in [1.807, 2.05) is 0 Å². The highest BCUT2D eigenvalue weighted by molar-refractivity contribution is 7.86. The fourth-order valence-corrected chi connectivity index (χ4v) is 2.43. The molecule has 0 radical (unpaired) electrons. The van der Waals surface area contributed by atoms with Crippen LogP contribution in [0.1, 0.15) is 20.3 Å². The normalized spacial score (nSPS) is 15.7. The maximum atomic E-state index is 12.5. The molecule has 0 aliphatic heterocycles. The molecule has 0 spiro atoms. The number of nitrogens with two attached hydrogens (primary N) is 1. The molecule has 0 aromatic carbocycles. The Bertz CT molecular complexity index is 282. The molecule has 0 aromatic heterocycles. The van der Waals surface area contributed by atoms with Crippen molar-refractivity contribution in [1.82, 2.24) is 5.32 Å². The Morgan fingerprint density at radius 2 is 1.94 bits per heavy atom. The fraction of sp³-hybridized carbons (Fsp3) is 0.889. The van der Waals surface area contributed by atoms with E-state index in [1.165, 1.54) is 0 Å². The molecule has 17 heavy (non-hydrogen) atoms. The van der Waals surface area contributed by atoms with E-state index in [-0.39, 0.29) is 12.6 Å². The second-order valence-corrected chi connectivity index (χ2v) is 5.47. The van der Waals surface area contributed by atoms with E-state index in [0.29, 0.717) is 0 Å². The lowest BCUT2D eigenvalue weighted by Gasteiger charge is -2.19. The molecule has 0 aromatic rings. The van der Waals surface area contributed by atoms with Crippen LogP contribution >= 0.6 is 0 Å². The lowest BCUT2D eigenvalue weighted by Crippen LogP contribution is -2.41. The minimum atomic E-state index is -4.59. The molecule has 2 unspecified atom stereocenters.